The Hall–Kier alpha value is -1.85. The standard InChI is InChI=1S/C18H22N4O4S3/c1-18-10-29-16(22-18)12-9-28-14(21-12)7-19-13(23)6-11(4-2-3-5-27)26-15(24)8-20-17(18)25/h2,4,9,11,27H,3,5-8,10H2,1H3,(H,19,23)(H,20,25)/b4-2+/t11-,18+/m1/s1. The number of thiol groups is 1. The minimum atomic E-state index is -0.971. The Bertz CT molecular complexity index is 854. The van der Waals surface area contributed by atoms with E-state index in [0.717, 1.165) is 5.01 Å². The van der Waals surface area contributed by atoms with E-state index in [-0.39, 0.29) is 31.3 Å². The minimum Gasteiger partial charge on any atom is -0.456 e. The van der Waals surface area contributed by atoms with Crippen LogP contribution in [0.5, 0.6) is 0 Å². The van der Waals surface area contributed by atoms with Gasteiger partial charge < -0.3 is 15.4 Å². The van der Waals surface area contributed by atoms with Crippen LogP contribution in [0.1, 0.15) is 30.5 Å². The van der Waals surface area contributed by atoms with Crippen LogP contribution >= 0.6 is 35.7 Å². The number of esters is 1. The topological polar surface area (TPSA) is 110 Å². The molecule has 0 spiro atoms. The number of thioether (sulfide) groups is 1. The summed E-state index contributed by atoms with van der Waals surface area (Å²) >= 11 is 7.00. The van der Waals surface area contributed by atoms with Gasteiger partial charge in [-0.2, -0.15) is 12.6 Å². The zero-order valence-corrected chi connectivity index (χ0v) is 18.4. The normalized spacial score (nSPS) is 26.1. The highest BCUT2D eigenvalue weighted by Crippen LogP contribution is 2.31. The molecule has 1 aromatic heterocycles. The van der Waals surface area contributed by atoms with E-state index in [1.807, 2.05) is 11.5 Å². The third-order valence-corrected chi connectivity index (χ3v) is 6.63. The van der Waals surface area contributed by atoms with Crippen LogP contribution in [-0.4, -0.2) is 57.5 Å². The van der Waals surface area contributed by atoms with Gasteiger partial charge in [-0.05, 0) is 25.2 Å². The number of amides is 2. The van der Waals surface area contributed by atoms with Crippen LogP contribution in [0.3, 0.4) is 0 Å². The number of aliphatic imine (C=N–C) groups is 1. The number of hydrogen-bond donors (Lipinski definition) is 3. The Labute approximate surface area is 182 Å². The van der Waals surface area contributed by atoms with E-state index in [1.54, 1.807) is 13.0 Å². The lowest BCUT2D eigenvalue weighted by atomic mass is 10.1. The van der Waals surface area contributed by atoms with Gasteiger partial charge in [-0.1, -0.05) is 6.08 Å². The highest BCUT2D eigenvalue weighted by Gasteiger charge is 2.39. The molecule has 0 aliphatic carbocycles. The van der Waals surface area contributed by atoms with Gasteiger partial charge in [0.25, 0.3) is 0 Å². The predicted octanol–water partition coefficient (Wildman–Crippen LogP) is 1.32. The Morgan fingerprint density at radius 1 is 1.34 bits per heavy atom. The second-order valence-corrected chi connectivity index (χ2v) is 9.09. The fourth-order valence-corrected chi connectivity index (χ4v) is 4.76. The van der Waals surface area contributed by atoms with E-state index >= 15 is 0 Å². The molecule has 0 saturated carbocycles. The molecule has 2 atom stereocenters. The summed E-state index contributed by atoms with van der Waals surface area (Å²) in [5.74, 6) is -0.113. The van der Waals surface area contributed by atoms with Crippen LogP contribution < -0.4 is 10.6 Å². The number of nitrogens with one attached hydrogen (secondary N) is 2. The maximum absolute atomic E-state index is 12.6. The number of fused-ring (bicyclic) bond motifs is 4. The molecule has 2 aliphatic rings. The fraction of sp³-hybridized carbons (Fsp3) is 0.500. The SMILES string of the molecule is C[C@@]12CSC(=N1)c1csc(n1)CNC(=O)C[C@@H](/C=C/CCS)OC(=O)CNC2=O. The summed E-state index contributed by atoms with van der Waals surface area (Å²) in [6, 6.07) is 0. The van der Waals surface area contributed by atoms with Crippen molar-refractivity contribution in [2.75, 3.05) is 18.1 Å². The molecule has 1 aromatic rings. The quantitative estimate of drug-likeness (QED) is 0.361. The number of cyclic esters (lactones) is 1. The summed E-state index contributed by atoms with van der Waals surface area (Å²) in [5, 5.41) is 8.68. The zero-order valence-electron chi connectivity index (χ0n) is 15.8. The average Bonchev–Trinajstić information content (AvgIpc) is 3.31. The van der Waals surface area contributed by atoms with Crippen molar-refractivity contribution in [3.63, 3.8) is 0 Å². The molecule has 29 heavy (non-hydrogen) atoms. The molecule has 0 aromatic carbocycles. The lowest BCUT2D eigenvalue weighted by Gasteiger charge is -2.19. The summed E-state index contributed by atoms with van der Waals surface area (Å²) < 4.78 is 5.38. The number of carbonyl (C=O) groups is 3. The lowest BCUT2D eigenvalue weighted by molar-refractivity contribution is -0.148. The largest absolute Gasteiger partial charge is 0.456 e. The van der Waals surface area contributed by atoms with Gasteiger partial charge in [0.1, 0.15) is 33.9 Å². The van der Waals surface area contributed by atoms with Crippen LogP contribution in [0.25, 0.3) is 0 Å². The first-order valence-electron chi connectivity index (χ1n) is 9.09. The first-order chi connectivity index (χ1) is 13.9. The molecule has 2 N–H and O–H groups in total. The van der Waals surface area contributed by atoms with Crippen molar-refractivity contribution >= 4 is 58.6 Å². The number of nitrogens with zero attached hydrogens (tertiary/aromatic N) is 2. The number of ether oxygens (including phenoxy) is 1. The molecular weight excluding hydrogens is 432 g/mol. The number of thiazole rings is 1. The van der Waals surface area contributed by atoms with Crippen LogP contribution in [0.15, 0.2) is 22.5 Å². The molecule has 0 saturated heterocycles. The number of hydrogen-bond acceptors (Lipinski definition) is 9. The predicted molar refractivity (Wildman–Crippen MR) is 116 cm³/mol. The molecule has 3 rings (SSSR count). The fourth-order valence-electron chi connectivity index (χ4n) is 2.69. The number of rotatable bonds is 3. The van der Waals surface area contributed by atoms with E-state index in [0.29, 0.717) is 28.7 Å². The van der Waals surface area contributed by atoms with Gasteiger partial charge in [0.05, 0.1) is 13.0 Å². The maximum atomic E-state index is 12.6. The molecule has 0 radical (unpaired) electrons. The smallest absolute Gasteiger partial charge is 0.326 e. The summed E-state index contributed by atoms with van der Waals surface area (Å²) in [5.41, 5.74) is -0.277. The second kappa shape index (κ2) is 9.77. The Balaban J connectivity index is 1.81. The Kier molecular flexibility index (Phi) is 7.36. The first-order valence-corrected chi connectivity index (χ1v) is 11.6. The highest BCUT2D eigenvalue weighted by molar-refractivity contribution is 8.14. The molecule has 3 heterocycles. The van der Waals surface area contributed by atoms with Crippen molar-refractivity contribution < 1.29 is 19.1 Å². The van der Waals surface area contributed by atoms with Gasteiger partial charge in [0.15, 0.2) is 0 Å². The van der Waals surface area contributed by atoms with Crippen LogP contribution in [0, 0.1) is 0 Å². The maximum Gasteiger partial charge on any atom is 0.326 e. The van der Waals surface area contributed by atoms with Crippen molar-refractivity contribution in [3.05, 3.63) is 28.2 Å². The number of allylic oxidation sites excluding steroid dienone is 1. The molecule has 156 valence electrons. The lowest BCUT2D eigenvalue weighted by Crippen LogP contribution is -2.46. The van der Waals surface area contributed by atoms with Crippen molar-refractivity contribution in [1.82, 2.24) is 15.6 Å². The van der Waals surface area contributed by atoms with Gasteiger partial charge >= 0.3 is 5.97 Å². The van der Waals surface area contributed by atoms with Gasteiger partial charge in [0, 0.05) is 11.1 Å². The van der Waals surface area contributed by atoms with Crippen molar-refractivity contribution in [2.24, 2.45) is 4.99 Å². The van der Waals surface area contributed by atoms with Crippen LogP contribution in [0.2, 0.25) is 0 Å². The van der Waals surface area contributed by atoms with Gasteiger partial charge in [-0.25, -0.2) is 4.98 Å². The molecule has 11 heteroatoms. The van der Waals surface area contributed by atoms with Crippen molar-refractivity contribution in [2.45, 2.75) is 38.0 Å². The molecule has 2 amide bonds. The first kappa shape index (κ1) is 21.8. The second-order valence-electron chi connectivity index (χ2n) is 6.74. The van der Waals surface area contributed by atoms with Gasteiger partial charge in [-0.3, -0.25) is 19.4 Å². The Morgan fingerprint density at radius 2 is 2.17 bits per heavy atom. The van der Waals surface area contributed by atoms with Crippen molar-refractivity contribution in [3.8, 4) is 0 Å². The Morgan fingerprint density at radius 3 is 2.97 bits per heavy atom. The summed E-state index contributed by atoms with van der Waals surface area (Å²) in [6.45, 7) is 1.72. The van der Waals surface area contributed by atoms with E-state index in [2.05, 4.69) is 33.2 Å². The molecule has 8 nitrogen and oxygen atoms in total. The minimum absolute atomic E-state index is 0.0126. The van der Waals surface area contributed by atoms with E-state index in [1.165, 1.54) is 23.1 Å². The zero-order chi connectivity index (χ0) is 20.9. The third kappa shape index (κ3) is 5.83. The van der Waals surface area contributed by atoms with E-state index in [9.17, 15) is 14.4 Å². The van der Waals surface area contributed by atoms with Crippen molar-refractivity contribution in [1.29, 1.82) is 0 Å². The third-order valence-electron chi connectivity index (χ3n) is 4.24. The van der Waals surface area contributed by atoms with Gasteiger partial charge in [0.2, 0.25) is 11.8 Å². The summed E-state index contributed by atoms with van der Waals surface area (Å²) in [4.78, 5) is 46.1. The highest BCUT2D eigenvalue weighted by atomic mass is 32.2. The average molecular weight is 455 g/mol. The molecule has 0 fully saturated rings. The number of carbonyl (C=O) groups excluding carboxylic acids is 3. The van der Waals surface area contributed by atoms with Crippen LogP contribution in [0.4, 0.5) is 0 Å². The summed E-state index contributed by atoms with van der Waals surface area (Å²) in [7, 11) is 0. The van der Waals surface area contributed by atoms with Crippen LogP contribution in [-0.2, 0) is 25.7 Å². The molecular formula is C18H22N4O4S3. The molecule has 0 unspecified atom stereocenters. The molecule has 2 aliphatic heterocycles. The number of aromatic nitrogens is 1. The van der Waals surface area contributed by atoms with E-state index < -0.39 is 17.6 Å². The van der Waals surface area contributed by atoms with E-state index in [4.69, 9.17) is 4.74 Å². The van der Waals surface area contributed by atoms with Gasteiger partial charge in [-0.15, -0.1) is 23.1 Å². The monoisotopic (exact) mass is 454 g/mol. The summed E-state index contributed by atoms with van der Waals surface area (Å²) in [6.07, 6.45) is 3.44. The molecule has 4 bridgehead atoms.